The number of benzene rings is 1. The van der Waals surface area contributed by atoms with E-state index in [1.165, 1.54) is 13.3 Å². The number of nitrogens with zero attached hydrogens (tertiary/aromatic N) is 4. The number of esters is 1. The standard InChI is InChI=1S/C20H22ClN5O3/c1-12-19(23-18(27)11-25-13(2)17(21)9-22-25)14(3)26(24-12)10-15-7-5-6-8-16(15)20(28)29-4/h5-9H,10-11H2,1-4H3,(H,23,27). The number of carbonyl (C=O) groups is 2. The predicted molar refractivity (Wildman–Crippen MR) is 109 cm³/mol. The van der Waals surface area contributed by atoms with Crippen LogP contribution in [-0.2, 0) is 22.6 Å². The van der Waals surface area contributed by atoms with Gasteiger partial charge in [0.05, 0.1) is 53.2 Å². The number of carbonyl (C=O) groups excluding carboxylic acids is 2. The normalized spacial score (nSPS) is 10.8. The quantitative estimate of drug-likeness (QED) is 0.624. The van der Waals surface area contributed by atoms with E-state index in [1.54, 1.807) is 28.4 Å². The van der Waals surface area contributed by atoms with Gasteiger partial charge in [0.1, 0.15) is 6.54 Å². The summed E-state index contributed by atoms with van der Waals surface area (Å²) >= 11 is 5.99. The van der Waals surface area contributed by atoms with E-state index in [9.17, 15) is 9.59 Å². The van der Waals surface area contributed by atoms with Gasteiger partial charge in [-0.15, -0.1) is 0 Å². The Morgan fingerprint density at radius 2 is 1.86 bits per heavy atom. The topological polar surface area (TPSA) is 91.0 Å². The van der Waals surface area contributed by atoms with Crippen LogP contribution in [0.2, 0.25) is 5.02 Å². The van der Waals surface area contributed by atoms with Gasteiger partial charge in [-0.1, -0.05) is 29.8 Å². The molecule has 0 saturated carbocycles. The van der Waals surface area contributed by atoms with Crippen LogP contribution in [0, 0.1) is 20.8 Å². The lowest BCUT2D eigenvalue weighted by molar-refractivity contribution is -0.117. The SMILES string of the molecule is COC(=O)c1ccccc1Cn1nc(C)c(NC(=O)Cn2ncc(Cl)c2C)c1C. The molecule has 0 spiro atoms. The van der Waals surface area contributed by atoms with E-state index in [2.05, 4.69) is 15.5 Å². The van der Waals surface area contributed by atoms with Crippen LogP contribution in [0.4, 0.5) is 5.69 Å². The van der Waals surface area contributed by atoms with E-state index in [-0.39, 0.29) is 12.5 Å². The molecule has 2 heterocycles. The molecule has 1 aromatic carbocycles. The van der Waals surface area contributed by atoms with Gasteiger partial charge < -0.3 is 10.1 Å². The van der Waals surface area contributed by atoms with Gasteiger partial charge in [-0.05, 0) is 32.4 Å². The van der Waals surface area contributed by atoms with Crippen molar-refractivity contribution >= 4 is 29.2 Å². The van der Waals surface area contributed by atoms with Gasteiger partial charge in [0, 0.05) is 0 Å². The smallest absolute Gasteiger partial charge is 0.338 e. The summed E-state index contributed by atoms with van der Waals surface area (Å²) in [4.78, 5) is 24.5. The number of hydrogen-bond acceptors (Lipinski definition) is 5. The van der Waals surface area contributed by atoms with Crippen molar-refractivity contribution in [2.75, 3.05) is 12.4 Å². The summed E-state index contributed by atoms with van der Waals surface area (Å²) in [6.07, 6.45) is 1.51. The highest BCUT2D eigenvalue weighted by Gasteiger charge is 2.18. The van der Waals surface area contributed by atoms with Crippen LogP contribution in [0.25, 0.3) is 0 Å². The molecule has 0 aliphatic rings. The Hall–Kier alpha value is -3.13. The van der Waals surface area contributed by atoms with Crippen molar-refractivity contribution in [3.05, 3.63) is 63.7 Å². The maximum absolute atomic E-state index is 12.5. The second-order valence-corrected chi connectivity index (χ2v) is 7.04. The predicted octanol–water partition coefficient (Wildman–Crippen LogP) is 3.13. The van der Waals surface area contributed by atoms with Gasteiger partial charge in [0.2, 0.25) is 5.91 Å². The molecule has 2 aromatic heterocycles. The molecule has 1 amide bonds. The Balaban J connectivity index is 1.80. The minimum Gasteiger partial charge on any atom is -0.465 e. The van der Waals surface area contributed by atoms with Gasteiger partial charge in [-0.25, -0.2) is 4.79 Å². The average molecular weight is 416 g/mol. The highest BCUT2D eigenvalue weighted by molar-refractivity contribution is 6.31. The van der Waals surface area contributed by atoms with Crippen LogP contribution in [0.1, 0.15) is 33.0 Å². The van der Waals surface area contributed by atoms with E-state index in [1.807, 2.05) is 26.0 Å². The number of aromatic nitrogens is 4. The molecule has 3 rings (SSSR count). The molecule has 0 bridgehead atoms. The fraction of sp³-hybridized carbons (Fsp3) is 0.300. The molecular formula is C20H22ClN5O3. The lowest BCUT2D eigenvalue weighted by Crippen LogP contribution is -2.21. The van der Waals surface area contributed by atoms with Crippen molar-refractivity contribution in [2.24, 2.45) is 0 Å². The first kappa shape index (κ1) is 20.6. The first-order valence-electron chi connectivity index (χ1n) is 8.99. The fourth-order valence-electron chi connectivity index (χ4n) is 3.06. The molecule has 0 saturated heterocycles. The zero-order valence-electron chi connectivity index (χ0n) is 16.7. The van der Waals surface area contributed by atoms with E-state index in [4.69, 9.17) is 16.3 Å². The largest absolute Gasteiger partial charge is 0.465 e. The number of amides is 1. The first-order chi connectivity index (χ1) is 13.8. The molecular weight excluding hydrogens is 394 g/mol. The number of rotatable bonds is 6. The summed E-state index contributed by atoms with van der Waals surface area (Å²) < 4.78 is 8.14. The minimum atomic E-state index is -0.399. The summed E-state index contributed by atoms with van der Waals surface area (Å²) in [5, 5.41) is 12.0. The number of hydrogen-bond donors (Lipinski definition) is 1. The third kappa shape index (κ3) is 4.32. The van der Waals surface area contributed by atoms with Crippen LogP contribution in [0.15, 0.2) is 30.5 Å². The highest BCUT2D eigenvalue weighted by Crippen LogP contribution is 2.22. The molecule has 152 valence electrons. The molecule has 9 heteroatoms. The van der Waals surface area contributed by atoms with Gasteiger partial charge in [-0.2, -0.15) is 10.2 Å². The zero-order chi connectivity index (χ0) is 21.1. The van der Waals surface area contributed by atoms with Gasteiger partial charge in [0.15, 0.2) is 0 Å². The molecule has 0 aliphatic carbocycles. The van der Waals surface area contributed by atoms with Crippen LogP contribution in [0.3, 0.4) is 0 Å². The number of halogens is 1. The van der Waals surface area contributed by atoms with Crippen molar-refractivity contribution in [3.8, 4) is 0 Å². The number of aryl methyl sites for hydroxylation is 1. The zero-order valence-corrected chi connectivity index (χ0v) is 17.4. The average Bonchev–Trinajstić information content (AvgIpc) is 3.15. The summed E-state index contributed by atoms with van der Waals surface area (Å²) in [6.45, 7) is 5.92. The monoisotopic (exact) mass is 415 g/mol. The van der Waals surface area contributed by atoms with E-state index < -0.39 is 5.97 Å². The van der Waals surface area contributed by atoms with Gasteiger partial charge in [0.25, 0.3) is 0 Å². The highest BCUT2D eigenvalue weighted by atomic mass is 35.5. The second-order valence-electron chi connectivity index (χ2n) is 6.64. The molecule has 8 nitrogen and oxygen atoms in total. The lowest BCUT2D eigenvalue weighted by atomic mass is 10.1. The Morgan fingerprint density at radius 1 is 1.14 bits per heavy atom. The Labute approximate surface area is 173 Å². The summed E-state index contributed by atoms with van der Waals surface area (Å²) in [6, 6.07) is 7.21. The fourth-order valence-corrected chi connectivity index (χ4v) is 3.20. The van der Waals surface area contributed by atoms with Crippen LogP contribution < -0.4 is 5.32 Å². The molecule has 3 aromatic rings. The molecule has 0 atom stereocenters. The van der Waals surface area contributed by atoms with Crippen LogP contribution >= 0.6 is 11.6 Å². The number of nitrogens with one attached hydrogen (secondary N) is 1. The third-order valence-electron chi connectivity index (χ3n) is 4.73. The number of anilines is 1. The Kier molecular flexibility index (Phi) is 6.03. The Morgan fingerprint density at radius 3 is 2.52 bits per heavy atom. The minimum absolute atomic E-state index is 0.0494. The van der Waals surface area contributed by atoms with Crippen molar-refractivity contribution in [1.29, 1.82) is 0 Å². The Bertz CT molecular complexity index is 1070. The van der Waals surface area contributed by atoms with E-state index >= 15 is 0 Å². The maximum atomic E-state index is 12.5. The van der Waals surface area contributed by atoms with Crippen LogP contribution in [-0.4, -0.2) is 38.5 Å². The maximum Gasteiger partial charge on any atom is 0.338 e. The van der Waals surface area contributed by atoms with Crippen molar-refractivity contribution in [1.82, 2.24) is 19.6 Å². The van der Waals surface area contributed by atoms with Crippen molar-refractivity contribution in [3.63, 3.8) is 0 Å². The van der Waals surface area contributed by atoms with Gasteiger partial charge >= 0.3 is 5.97 Å². The van der Waals surface area contributed by atoms with Crippen molar-refractivity contribution < 1.29 is 14.3 Å². The molecule has 0 aliphatic heterocycles. The second kappa shape index (κ2) is 8.48. The molecule has 0 unspecified atom stereocenters. The third-order valence-corrected chi connectivity index (χ3v) is 5.10. The molecule has 0 radical (unpaired) electrons. The molecule has 29 heavy (non-hydrogen) atoms. The number of methoxy groups -OCH3 is 1. The number of ether oxygens (including phenoxy) is 1. The van der Waals surface area contributed by atoms with E-state index in [0.717, 1.165) is 17.0 Å². The first-order valence-corrected chi connectivity index (χ1v) is 9.37. The molecule has 1 N–H and O–H groups in total. The van der Waals surface area contributed by atoms with Crippen molar-refractivity contribution in [2.45, 2.75) is 33.9 Å². The molecule has 0 fully saturated rings. The van der Waals surface area contributed by atoms with Crippen LogP contribution in [0.5, 0.6) is 0 Å². The summed E-state index contributed by atoms with van der Waals surface area (Å²) in [7, 11) is 1.35. The summed E-state index contributed by atoms with van der Waals surface area (Å²) in [5.41, 5.74) is 4.10. The summed E-state index contributed by atoms with van der Waals surface area (Å²) in [5.74, 6) is -0.627. The van der Waals surface area contributed by atoms with E-state index in [0.29, 0.717) is 28.5 Å². The van der Waals surface area contributed by atoms with Gasteiger partial charge in [-0.3, -0.25) is 14.2 Å². The lowest BCUT2D eigenvalue weighted by Gasteiger charge is -2.10.